The van der Waals surface area contributed by atoms with Gasteiger partial charge in [0.1, 0.15) is 17.0 Å². The van der Waals surface area contributed by atoms with Crippen LogP contribution in [0.25, 0.3) is 0 Å². The lowest BCUT2D eigenvalue weighted by molar-refractivity contribution is 0.0118. The van der Waals surface area contributed by atoms with Gasteiger partial charge in [0.2, 0.25) is 5.95 Å². The number of primary sulfonamides is 2. The lowest BCUT2D eigenvalue weighted by atomic mass is 9.89. The summed E-state index contributed by atoms with van der Waals surface area (Å²) in [7, 11) is -7.78. The summed E-state index contributed by atoms with van der Waals surface area (Å²) in [6.45, 7) is 20.9. The van der Waals surface area contributed by atoms with Crippen LogP contribution in [-0.2, 0) is 29.5 Å². The smallest absolute Gasteiger partial charge is 0.410 e. The molecule has 368 valence electrons. The molecular weight excluding hydrogens is 900 g/mol. The van der Waals surface area contributed by atoms with Crippen molar-refractivity contribution in [2.45, 2.75) is 139 Å². The molecule has 7 N–H and O–H groups in total. The zero-order chi connectivity index (χ0) is 50.2. The number of halogens is 1. The van der Waals surface area contributed by atoms with Gasteiger partial charge in [-0.3, -0.25) is 0 Å². The maximum absolute atomic E-state index is 12.8. The molecule has 2 saturated heterocycles. The van der Waals surface area contributed by atoms with Crippen LogP contribution in [0.3, 0.4) is 0 Å². The molecule has 2 aliphatic rings. The van der Waals surface area contributed by atoms with E-state index in [2.05, 4.69) is 60.3 Å². The number of carbonyl (C=O) groups excluding carboxylic acids is 2. The Bertz CT molecular complexity index is 2500. The van der Waals surface area contributed by atoms with Gasteiger partial charge in [-0.05, 0) is 142 Å². The van der Waals surface area contributed by atoms with E-state index in [-0.39, 0.29) is 46.3 Å². The number of carbonyl (C=O) groups is 2. The van der Waals surface area contributed by atoms with Crippen LogP contribution in [0.4, 0.5) is 19.8 Å². The Morgan fingerprint density at radius 3 is 1.51 bits per heavy atom. The van der Waals surface area contributed by atoms with Gasteiger partial charge in [0.05, 0.1) is 6.04 Å². The van der Waals surface area contributed by atoms with Crippen LogP contribution in [-0.4, -0.2) is 84.2 Å². The van der Waals surface area contributed by atoms with E-state index in [9.17, 15) is 30.8 Å². The van der Waals surface area contributed by atoms with E-state index >= 15 is 0 Å². The first-order valence-electron chi connectivity index (χ1n) is 22.1. The number of hydrogen-bond acceptors (Lipinski definition) is 12. The van der Waals surface area contributed by atoms with Crippen LogP contribution in [0.1, 0.15) is 118 Å². The van der Waals surface area contributed by atoms with Crippen LogP contribution in [0, 0.1) is 17.8 Å². The Kier molecular flexibility index (Phi) is 17.7. The Morgan fingerprint density at radius 2 is 1.09 bits per heavy atom. The van der Waals surface area contributed by atoms with E-state index in [1.165, 1.54) is 12.1 Å². The summed E-state index contributed by atoms with van der Waals surface area (Å²) >= 11 is 0. The van der Waals surface area contributed by atoms with Gasteiger partial charge >= 0.3 is 12.2 Å². The summed E-state index contributed by atoms with van der Waals surface area (Å²) in [5, 5.41) is 12.7. The number of nitrogens with two attached hydrogens (primary N) is 3. The predicted molar refractivity (Wildman–Crippen MR) is 257 cm³/mol. The minimum absolute atomic E-state index is 0.00980. The molecule has 4 atom stereocenters. The van der Waals surface area contributed by atoms with Gasteiger partial charge in [-0.25, -0.2) is 46.7 Å². The molecule has 2 amide bonds. The van der Waals surface area contributed by atoms with Gasteiger partial charge in [0, 0.05) is 30.2 Å². The third kappa shape index (κ3) is 17.1. The molecule has 0 radical (unpaired) electrons. The number of hydrogen-bond donors (Lipinski definition) is 4. The quantitative estimate of drug-likeness (QED) is 0.110. The molecule has 16 nitrogen and oxygen atoms in total. The van der Waals surface area contributed by atoms with Crippen molar-refractivity contribution in [2.24, 2.45) is 27.8 Å². The fraction of sp³-hybridized carbons (Fsp3) is 0.500. The molecule has 67 heavy (non-hydrogen) atoms. The average molecular weight is 969 g/mol. The van der Waals surface area contributed by atoms with E-state index in [4.69, 9.17) is 20.3 Å². The number of amides is 2. The molecule has 2 aromatic carbocycles. The van der Waals surface area contributed by atoms with E-state index in [1.807, 2.05) is 99.9 Å². The number of anilines is 1. The van der Waals surface area contributed by atoms with Gasteiger partial charge < -0.3 is 30.3 Å². The number of likely N-dealkylation sites (tertiary alicyclic amines) is 2. The predicted octanol–water partition coefficient (Wildman–Crippen LogP) is 8.29. The van der Waals surface area contributed by atoms with E-state index in [0.717, 1.165) is 48.9 Å². The fourth-order valence-corrected chi connectivity index (χ4v) is 9.22. The lowest BCUT2D eigenvalue weighted by Crippen LogP contribution is -2.45. The molecule has 2 aliphatic heterocycles. The number of aromatic nitrogens is 2. The van der Waals surface area contributed by atoms with Crippen molar-refractivity contribution in [2.75, 3.05) is 18.4 Å². The topological polar surface area (TPSA) is 243 Å². The summed E-state index contributed by atoms with van der Waals surface area (Å²) in [6.07, 6.45) is 2.86. The summed E-state index contributed by atoms with van der Waals surface area (Å²) in [6, 6.07) is 28.0. The van der Waals surface area contributed by atoms with Crippen molar-refractivity contribution in [1.82, 2.24) is 19.8 Å². The monoisotopic (exact) mass is 968 g/mol. The molecule has 4 heterocycles. The Balaban J connectivity index is 0.000000248. The number of benzene rings is 2. The number of pyridine rings is 2. The second-order valence-electron chi connectivity index (χ2n) is 20.3. The average Bonchev–Trinajstić information content (AvgIpc) is 3.69. The number of nitrogens with zero attached hydrogens (tertiary/aromatic N) is 4. The highest BCUT2D eigenvalue weighted by Gasteiger charge is 2.45. The standard InChI is InChI=1S/C24H34N4O4S.C19H30N2O2.C5H5FN2O2S/c1-23(2,3)32-22(29)28-16-17(15-24(28,4)5)14-19(18-10-7-6-8-11-18)26-20-12-9-13-21(27-20)33(25,30)31;1-18(2,3)23-17(22)21-13-14(12-19(21,4)5)11-16(20)15-9-7-6-8-10-15;6-4-2-1-3-5(8-4)11(7,9)10/h6-13,17,19H,14-16H2,1-5H3,(H,26,27)(H2,25,30,31);6-10,14,16H,11-13,20H2,1-5H3;1-3H,(H2,7,9,10)/t17-,19?;14-,16?;/m00./s1. The highest BCUT2D eigenvalue weighted by molar-refractivity contribution is 7.89. The highest BCUT2D eigenvalue weighted by Crippen LogP contribution is 2.40. The summed E-state index contributed by atoms with van der Waals surface area (Å²) < 4.78 is 68.0. The van der Waals surface area contributed by atoms with E-state index in [0.29, 0.717) is 24.8 Å². The van der Waals surface area contributed by atoms with Crippen LogP contribution in [0.15, 0.2) is 107 Å². The molecule has 2 aromatic heterocycles. The van der Waals surface area contributed by atoms with E-state index in [1.54, 1.807) is 12.1 Å². The molecular formula is C48H69FN8O8S2. The SMILES string of the molecule is CC(C)(C)OC(=O)N1C[C@@H](CC(N)c2ccccc2)CC1(C)C.CC(C)(C)OC(=O)N1C[C@@H](CC(Nc2cccc(S(N)(=O)=O)n2)c2ccccc2)CC1(C)C.NS(=O)(=O)c1cccc(F)n1. The first-order valence-corrected chi connectivity index (χ1v) is 25.2. The lowest BCUT2D eigenvalue weighted by Gasteiger charge is -2.33. The molecule has 4 aromatic rings. The summed E-state index contributed by atoms with van der Waals surface area (Å²) in [5.41, 5.74) is 7.01. The van der Waals surface area contributed by atoms with Crippen LogP contribution in [0.2, 0.25) is 0 Å². The van der Waals surface area contributed by atoms with Crippen molar-refractivity contribution in [3.05, 3.63) is 114 Å². The van der Waals surface area contributed by atoms with Crippen LogP contribution >= 0.6 is 0 Å². The van der Waals surface area contributed by atoms with Crippen molar-refractivity contribution in [3.8, 4) is 0 Å². The largest absolute Gasteiger partial charge is 0.444 e. The first-order chi connectivity index (χ1) is 30.8. The maximum atomic E-state index is 12.8. The summed E-state index contributed by atoms with van der Waals surface area (Å²) in [5.74, 6) is 0.174. The van der Waals surface area contributed by atoms with Crippen molar-refractivity contribution in [3.63, 3.8) is 0 Å². The van der Waals surface area contributed by atoms with Gasteiger partial charge in [-0.2, -0.15) is 4.39 Å². The molecule has 0 aliphatic carbocycles. The van der Waals surface area contributed by atoms with Gasteiger partial charge in [0.15, 0.2) is 10.1 Å². The fourth-order valence-electron chi connectivity index (χ4n) is 8.24. The second-order valence-corrected chi connectivity index (χ2v) is 23.3. The van der Waals surface area contributed by atoms with Crippen molar-refractivity contribution < 1.29 is 40.3 Å². The normalized spacial score (nSPS) is 18.9. The number of nitrogens with one attached hydrogen (secondary N) is 1. The molecule has 19 heteroatoms. The Labute approximate surface area is 396 Å². The molecule has 2 unspecified atom stereocenters. The molecule has 0 saturated carbocycles. The Hall–Kier alpha value is -5.21. The van der Waals surface area contributed by atoms with E-state index < -0.39 is 42.2 Å². The number of rotatable bonds is 10. The third-order valence-electron chi connectivity index (χ3n) is 11.1. The minimum Gasteiger partial charge on any atom is -0.444 e. The zero-order valence-electron chi connectivity index (χ0n) is 40.3. The Morgan fingerprint density at radius 1 is 0.672 bits per heavy atom. The number of ether oxygens (including phenoxy) is 2. The van der Waals surface area contributed by atoms with Gasteiger partial charge in [-0.1, -0.05) is 72.8 Å². The first kappa shape index (κ1) is 54.4. The summed E-state index contributed by atoms with van der Waals surface area (Å²) in [4.78, 5) is 36.2. The zero-order valence-corrected chi connectivity index (χ0v) is 41.9. The highest BCUT2D eigenvalue weighted by atomic mass is 32.2. The van der Waals surface area contributed by atoms with Crippen LogP contribution in [0.5, 0.6) is 0 Å². The molecule has 2 fully saturated rings. The third-order valence-corrected chi connectivity index (χ3v) is 12.7. The molecule has 0 spiro atoms. The van der Waals surface area contributed by atoms with Crippen molar-refractivity contribution >= 4 is 38.1 Å². The minimum atomic E-state index is -3.90. The van der Waals surface area contributed by atoms with Crippen molar-refractivity contribution in [1.29, 1.82) is 0 Å². The van der Waals surface area contributed by atoms with Gasteiger partial charge in [-0.15, -0.1) is 0 Å². The second kappa shape index (κ2) is 21.8. The molecule has 6 rings (SSSR count). The van der Waals surface area contributed by atoms with Gasteiger partial charge in [0.25, 0.3) is 20.0 Å². The number of sulfonamides is 2. The maximum Gasteiger partial charge on any atom is 0.410 e. The van der Waals surface area contributed by atoms with Crippen LogP contribution < -0.4 is 21.3 Å². The molecule has 0 bridgehead atoms.